The maximum absolute atomic E-state index is 11.8. The number of nitrogens with zero attached hydrogens (tertiary/aromatic N) is 1. The molecule has 0 fully saturated rings. The SMILES string of the molecule is Cc1nc(COc2cccc(/C=C/C(=O)NC(C)(C)CO)c2)cs1. The van der Waals surface area contributed by atoms with Crippen LogP contribution in [0.5, 0.6) is 5.75 Å². The van der Waals surface area contributed by atoms with Gasteiger partial charge in [0.2, 0.25) is 5.91 Å². The van der Waals surface area contributed by atoms with Gasteiger partial charge in [0, 0.05) is 11.5 Å². The van der Waals surface area contributed by atoms with Crippen LogP contribution in [0.1, 0.15) is 30.1 Å². The van der Waals surface area contributed by atoms with Crippen molar-refractivity contribution in [2.45, 2.75) is 32.9 Å². The Morgan fingerprint density at radius 1 is 1.46 bits per heavy atom. The second-order valence-electron chi connectivity index (χ2n) is 6.08. The first-order valence-electron chi connectivity index (χ1n) is 7.63. The summed E-state index contributed by atoms with van der Waals surface area (Å²) in [6, 6.07) is 7.49. The van der Waals surface area contributed by atoms with Crippen LogP contribution in [0.25, 0.3) is 6.08 Å². The predicted octanol–water partition coefficient (Wildman–Crippen LogP) is 2.93. The number of aryl methyl sites for hydroxylation is 1. The van der Waals surface area contributed by atoms with E-state index in [4.69, 9.17) is 9.84 Å². The van der Waals surface area contributed by atoms with E-state index in [-0.39, 0.29) is 12.5 Å². The van der Waals surface area contributed by atoms with Crippen LogP contribution in [0.2, 0.25) is 0 Å². The predicted molar refractivity (Wildman–Crippen MR) is 96.0 cm³/mol. The van der Waals surface area contributed by atoms with Crippen molar-refractivity contribution >= 4 is 23.3 Å². The van der Waals surface area contributed by atoms with Crippen LogP contribution in [0.4, 0.5) is 0 Å². The van der Waals surface area contributed by atoms with Crippen molar-refractivity contribution < 1.29 is 14.6 Å². The summed E-state index contributed by atoms with van der Waals surface area (Å²) in [6.07, 6.45) is 3.16. The maximum atomic E-state index is 11.8. The molecule has 1 aromatic heterocycles. The second-order valence-corrected chi connectivity index (χ2v) is 7.15. The van der Waals surface area contributed by atoms with Gasteiger partial charge in [-0.3, -0.25) is 4.79 Å². The topological polar surface area (TPSA) is 71.5 Å². The monoisotopic (exact) mass is 346 g/mol. The molecule has 0 bridgehead atoms. The number of aliphatic hydroxyl groups is 1. The third-order valence-corrected chi connectivity index (χ3v) is 4.02. The van der Waals surface area contributed by atoms with Gasteiger partial charge in [0.05, 0.1) is 22.8 Å². The summed E-state index contributed by atoms with van der Waals surface area (Å²) < 4.78 is 5.73. The number of carbonyl (C=O) groups is 1. The van der Waals surface area contributed by atoms with E-state index in [1.54, 1.807) is 31.3 Å². The van der Waals surface area contributed by atoms with Crippen LogP contribution in [0, 0.1) is 6.92 Å². The summed E-state index contributed by atoms with van der Waals surface area (Å²) in [5.74, 6) is 0.470. The number of aliphatic hydroxyl groups excluding tert-OH is 1. The fraction of sp³-hybridized carbons (Fsp3) is 0.333. The van der Waals surface area contributed by atoms with E-state index in [2.05, 4.69) is 10.3 Å². The first-order chi connectivity index (χ1) is 11.4. The van der Waals surface area contributed by atoms with Gasteiger partial charge in [0.15, 0.2) is 0 Å². The number of ether oxygens (including phenoxy) is 1. The van der Waals surface area contributed by atoms with Gasteiger partial charge in [-0.15, -0.1) is 11.3 Å². The molecule has 0 aliphatic rings. The van der Waals surface area contributed by atoms with Crippen molar-refractivity contribution in [3.8, 4) is 5.75 Å². The molecule has 0 spiro atoms. The van der Waals surface area contributed by atoms with Crippen molar-refractivity contribution in [2.75, 3.05) is 6.61 Å². The van der Waals surface area contributed by atoms with Gasteiger partial charge in [-0.05, 0) is 44.5 Å². The smallest absolute Gasteiger partial charge is 0.244 e. The van der Waals surface area contributed by atoms with Crippen LogP contribution < -0.4 is 10.1 Å². The quantitative estimate of drug-likeness (QED) is 0.756. The molecule has 0 unspecified atom stereocenters. The highest BCUT2D eigenvalue weighted by Gasteiger charge is 2.17. The van der Waals surface area contributed by atoms with Crippen LogP contribution in [-0.4, -0.2) is 28.1 Å². The molecule has 24 heavy (non-hydrogen) atoms. The molecular weight excluding hydrogens is 324 g/mol. The Balaban J connectivity index is 1.94. The average Bonchev–Trinajstić information content (AvgIpc) is 2.96. The van der Waals surface area contributed by atoms with Crippen molar-refractivity contribution in [2.24, 2.45) is 0 Å². The minimum Gasteiger partial charge on any atom is -0.487 e. The number of hydrogen-bond donors (Lipinski definition) is 2. The Bertz CT molecular complexity index is 723. The Labute approximate surface area is 146 Å². The Morgan fingerprint density at radius 3 is 2.92 bits per heavy atom. The highest BCUT2D eigenvalue weighted by atomic mass is 32.1. The number of thiazole rings is 1. The molecule has 128 valence electrons. The number of benzene rings is 1. The standard InChI is InChI=1S/C18H22N2O3S/c1-13-19-15(11-24-13)10-23-16-6-4-5-14(9-16)7-8-17(22)20-18(2,3)12-21/h4-9,11,21H,10,12H2,1-3H3,(H,20,22)/b8-7+. The lowest BCUT2D eigenvalue weighted by Crippen LogP contribution is -2.45. The van der Waals surface area contributed by atoms with Crippen LogP contribution in [0.3, 0.4) is 0 Å². The van der Waals surface area contributed by atoms with Gasteiger partial charge in [-0.2, -0.15) is 0 Å². The minimum absolute atomic E-state index is 0.119. The second kappa shape index (κ2) is 8.08. The molecule has 0 saturated carbocycles. The van der Waals surface area contributed by atoms with E-state index in [9.17, 15) is 4.79 Å². The molecule has 0 atom stereocenters. The summed E-state index contributed by atoms with van der Waals surface area (Å²) in [5, 5.41) is 14.9. The molecule has 0 aliphatic heterocycles. The summed E-state index contributed by atoms with van der Waals surface area (Å²) >= 11 is 1.60. The Morgan fingerprint density at radius 2 is 2.25 bits per heavy atom. The molecule has 2 N–H and O–H groups in total. The van der Waals surface area contributed by atoms with Crippen LogP contribution in [0.15, 0.2) is 35.7 Å². The zero-order chi connectivity index (χ0) is 17.6. The van der Waals surface area contributed by atoms with E-state index in [0.29, 0.717) is 6.61 Å². The van der Waals surface area contributed by atoms with Crippen molar-refractivity contribution in [3.05, 3.63) is 52.0 Å². The largest absolute Gasteiger partial charge is 0.487 e. The lowest BCUT2D eigenvalue weighted by Gasteiger charge is -2.22. The van der Waals surface area contributed by atoms with Gasteiger partial charge >= 0.3 is 0 Å². The number of aromatic nitrogens is 1. The molecule has 1 amide bonds. The zero-order valence-electron chi connectivity index (χ0n) is 14.1. The van der Waals surface area contributed by atoms with Gasteiger partial charge in [0.25, 0.3) is 0 Å². The number of nitrogens with one attached hydrogen (secondary N) is 1. The van der Waals surface area contributed by atoms with E-state index < -0.39 is 5.54 Å². The molecule has 2 aromatic rings. The van der Waals surface area contributed by atoms with Crippen LogP contribution in [-0.2, 0) is 11.4 Å². The number of amides is 1. The summed E-state index contributed by atoms with van der Waals surface area (Å²) in [7, 11) is 0. The average molecular weight is 346 g/mol. The molecule has 2 rings (SSSR count). The summed E-state index contributed by atoms with van der Waals surface area (Å²) in [6.45, 7) is 5.78. The lowest BCUT2D eigenvalue weighted by molar-refractivity contribution is -0.118. The Hall–Kier alpha value is -2.18. The molecular formula is C18H22N2O3S. The van der Waals surface area contributed by atoms with Gasteiger partial charge in [0.1, 0.15) is 12.4 Å². The van der Waals surface area contributed by atoms with Crippen molar-refractivity contribution in [3.63, 3.8) is 0 Å². The highest BCUT2D eigenvalue weighted by molar-refractivity contribution is 7.09. The summed E-state index contributed by atoms with van der Waals surface area (Å²) in [5.41, 5.74) is 1.13. The molecule has 5 nitrogen and oxygen atoms in total. The molecule has 1 aromatic carbocycles. The van der Waals surface area contributed by atoms with Gasteiger partial charge < -0.3 is 15.2 Å². The maximum Gasteiger partial charge on any atom is 0.244 e. The fourth-order valence-corrected chi connectivity index (χ4v) is 2.52. The fourth-order valence-electron chi connectivity index (χ4n) is 1.93. The summed E-state index contributed by atoms with van der Waals surface area (Å²) in [4.78, 5) is 16.2. The molecule has 1 heterocycles. The minimum atomic E-state index is -0.641. The normalized spacial score (nSPS) is 11.7. The van der Waals surface area contributed by atoms with E-state index in [1.165, 1.54) is 6.08 Å². The van der Waals surface area contributed by atoms with E-state index >= 15 is 0 Å². The van der Waals surface area contributed by atoms with Crippen molar-refractivity contribution in [1.29, 1.82) is 0 Å². The molecule has 6 heteroatoms. The number of carbonyl (C=O) groups excluding carboxylic acids is 1. The Kier molecular flexibility index (Phi) is 6.11. The highest BCUT2D eigenvalue weighted by Crippen LogP contribution is 2.17. The van der Waals surface area contributed by atoms with Crippen molar-refractivity contribution in [1.82, 2.24) is 10.3 Å². The van der Waals surface area contributed by atoms with Gasteiger partial charge in [-0.25, -0.2) is 4.98 Å². The number of rotatable bonds is 7. The van der Waals surface area contributed by atoms with E-state index in [0.717, 1.165) is 22.0 Å². The lowest BCUT2D eigenvalue weighted by atomic mass is 10.1. The first-order valence-corrected chi connectivity index (χ1v) is 8.51. The third-order valence-electron chi connectivity index (χ3n) is 3.20. The van der Waals surface area contributed by atoms with Gasteiger partial charge in [-0.1, -0.05) is 12.1 Å². The van der Waals surface area contributed by atoms with Crippen LogP contribution >= 0.6 is 11.3 Å². The zero-order valence-corrected chi connectivity index (χ0v) is 14.9. The molecule has 0 saturated heterocycles. The first kappa shape index (κ1) is 18.2. The third kappa shape index (κ3) is 5.79. The molecule has 0 radical (unpaired) electrons. The molecule has 0 aliphatic carbocycles. The van der Waals surface area contributed by atoms with E-state index in [1.807, 2.05) is 36.6 Å². The number of hydrogen-bond acceptors (Lipinski definition) is 5.